The van der Waals surface area contributed by atoms with E-state index in [-0.39, 0.29) is 18.3 Å². The molecule has 0 spiro atoms. The Kier molecular flexibility index (Phi) is 6.69. The van der Waals surface area contributed by atoms with E-state index < -0.39 is 6.10 Å². The smallest absolute Gasteiger partial charge is 0.339 e. The largest absolute Gasteiger partial charge is 0.453 e. The van der Waals surface area contributed by atoms with Crippen molar-refractivity contribution in [3.8, 4) is 5.69 Å². The minimum absolute atomic E-state index is 0.0522. The number of fused-ring (bicyclic) bond motifs is 1. The van der Waals surface area contributed by atoms with Crippen LogP contribution in [0.5, 0.6) is 0 Å². The number of benzene rings is 2. The van der Waals surface area contributed by atoms with Gasteiger partial charge in [0.25, 0.3) is 0 Å². The molecule has 1 fully saturated rings. The zero-order valence-electron chi connectivity index (χ0n) is 19.0. The number of amides is 1. The molecule has 8 nitrogen and oxygen atoms in total. The molecule has 2 aliphatic heterocycles. The van der Waals surface area contributed by atoms with Crippen molar-refractivity contribution in [2.45, 2.75) is 19.1 Å². The maximum absolute atomic E-state index is 13.5. The minimum Gasteiger partial charge on any atom is -0.453 e. The van der Waals surface area contributed by atoms with E-state index in [0.717, 1.165) is 36.6 Å². The molecule has 34 heavy (non-hydrogen) atoms. The number of morpholine rings is 1. The highest BCUT2D eigenvalue weighted by Gasteiger charge is 2.33. The van der Waals surface area contributed by atoms with Gasteiger partial charge in [0.05, 0.1) is 43.1 Å². The fraction of sp³-hybridized carbons (Fsp3) is 0.346. The van der Waals surface area contributed by atoms with Gasteiger partial charge in [-0.3, -0.25) is 9.69 Å². The van der Waals surface area contributed by atoms with E-state index in [0.29, 0.717) is 31.9 Å². The third-order valence-electron chi connectivity index (χ3n) is 6.35. The molecule has 1 amide bonds. The Hall–Kier alpha value is -3.49. The highest BCUT2D eigenvalue weighted by atomic mass is 16.5. The second-order valence-corrected chi connectivity index (χ2v) is 8.52. The van der Waals surface area contributed by atoms with Crippen molar-refractivity contribution in [2.75, 3.05) is 39.4 Å². The summed E-state index contributed by atoms with van der Waals surface area (Å²) in [5.74, 6) is -0.418. The molecule has 0 radical (unpaired) electrons. The molecule has 3 aromatic rings. The number of nitrogens with zero attached hydrogens (tertiary/aromatic N) is 4. The number of hydrogen-bond acceptors (Lipinski definition) is 6. The normalized spacial score (nSPS) is 17.9. The van der Waals surface area contributed by atoms with Gasteiger partial charge in [-0.1, -0.05) is 36.4 Å². The molecule has 0 aliphatic carbocycles. The number of ether oxygens (including phenoxy) is 2. The van der Waals surface area contributed by atoms with E-state index in [1.165, 1.54) is 0 Å². The molecular weight excluding hydrogens is 432 g/mol. The second kappa shape index (κ2) is 10.2. The summed E-state index contributed by atoms with van der Waals surface area (Å²) in [6.45, 7) is 4.89. The summed E-state index contributed by atoms with van der Waals surface area (Å²) in [6, 6.07) is 19.1. The first-order valence-corrected chi connectivity index (χ1v) is 11.6. The van der Waals surface area contributed by atoms with Crippen LogP contribution in [0.1, 0.15) is 34.1 Å². The van der Waals surface area contributed by atoms with Gasteiger partial charge in [0.1, 0.15) is 6.10 Å². The third kappa shape index (κ3) is 4.88. The van der Waals surface area contributed by atoms with Crippen LogP contribution in [-0.2, 0) is 20.8 Å². The lowest BCUT2D eigenvalue weighted by atomic mass is 10.0. The highest BCUT2D eigenvalue weighted by Crippen LogP contribution is 2.33. The van der Waals surface area contributed by atoms with E-state index in [1.807, 2.05) is 64.2 Å². The number of rotatable bonds is 8. The lowest BCUT2D eigenvalue weighted by Gasteiger charge is -2.30. The van der Waals surface area contributed by atoms with E-state index >= 15 is 0 Å². The van der Waals surface area contributed by atoms with Gasteiger partial charge in [-0.2, -0.15) is 5.10 Å². The average Bonchev–Trinajstić information content (AvgIpc) is 3.47. The summed E-state index contributed by atoms with van der Waals surface area (Å²) in [7, 11) is 0. The van der Waals surface area contributed by atoms with Crippen molar-refractivity contribution in [2.24, 2.45) is 0 Å². The fourth-order valence-electron chi connectivity index (χ4n) is 4.49. The maximum atomic E-state index is 13.5. The Morgan fingerprint density at radius 3 is 2.62 bits per heavy atom. The summed E-state index contributed by atoms with van der Waals surface area (Å²) >= 11 is 0. The predicted octanol–water partition coefficient (Wildman–Crippen LogP) is 2.83. The molecule has 3 heterocycles. The zero-order valence-corrected chi connectivity index (χ0v) is 19.0. The van der Waals surface area contributed by atoms with Gasteiger partial charge in [0.2, 0.25) is 5.91 Å². The number of para-hydroxylation sites is 1. The van der Waals surface area contributed by atoms with Crippen molar-refractivity contribution in [1.29, 1.82) is 0 Å². The number of carbonyl (C=O) groups is 2. The Morgan fingerprint density at radius 2 is 1.79 bits per heavy atom. The van der Waals surface area contributed by atoms with Gasteiger partial charge < -0.3 is 14.4 Å². The molecule has 0 saturated carbocycles. The van der Waals surface area contributed by atoms with Gasteiger partial charge >= 0.3 is 5.97 Å². The number of esters is 1. The van der Waals surface area contributed by atoms with E-state index in [4.69, 9.17) is 9.47 Å². The molecule has 2 aliphatic rings. The Bertz CT molecular complexity index is 1140. The maximum Gasteiger partial charge on any atom is 0.339 e. The first kappa shape index (κ1) is 22.3. The molecule has 5 rings (SSSR count). The van der Waals surface area contributed by atoms with Crippen LogP contribution < -0.4 is 0 Å². The van der Waals surface area contributed by atoms with Gasteiger partial charge in [-0.25, -0.2) is 9.48 Å². The lowest BCUT2D eigenvalue weighted by Crippen LogP contribution is -2.43. The van der Waals surface area contributed by atoms with Crippen LogP contribution in [-0.4, -0.2) is 70.8 Å². The second-order valence-electron chi connectivity index (χ2n) is 8.52. The predicted molar refractivity (Wildman–Crippen MR) is 125 cm³/mol. The Balaban J connectivity index is 1.34. The molecule has 8 heteroatoms. The highest BCUT2D eigenvalue weighted by molar-refractivity contribution is 5.94. The van der Waals surface area contributed by atoms with Gasteiger partial charge in [-0.05, 0) is 24.3 Å². The van der Waals surface area contributed by atoms with Crippen molar-refractivity contribution in [1.82, 2.24) is 19.6 Å². The van der Waals surface area contributed by atoms with Crippen molar-refractivity contribution < 1.29 is 19.1 Å². The number of hydrogen-bond donors (Lipinski definition) is 0. The van der Waals surface area contributed by atoms with Crippen molar-refractivity contribution in [3.63, 3.8) is 0 Å². The van der Waals surface area contributed by atoms with Gasteiger partial charge in [0, 0.05) is 37.9 Å². The van der Waals surface area contributed by atoms with Crippen LogP contribution in [0.4, 0.5) is 0 Å². The molecule has 2 aromatic carbocycles. The first-order valence-electron chi connectivity index (χ1n) is 11.6. The number of carbonyl (C=O) groups excluding carboxylic acids is 2. The summed E-state index contributed by atoms with van der Waals surface area (Å²) in [5.41, 5.74) is 3.19. The summed E-state index contributed by atoms with van der Waals surface area (Å²) in [5, 5.41) is 4.47. The summed E-state index contributed by atoms with van der Waals surface area (Å²) in [6.07, 6.45) is 1.31. The van der Waals surface area contributed by atoms with Crippen molar-refractivity contribution in [3.05, 3.63) is 83.7 Å². The Morgan fingerprint density at radius 1 is 1.03 bits per heavy atom. The van der Waals surface area contributed by atoms with Crippen LogP contribution in [0.25, 0.3) is 5.69 Å². The quantitative estimate of drug-likeness (QED) is 0.481. The van der Waals surface area contributed by atoms with Crippen LogP contribution >= 0.6 is 0 Å². The van der Waals surface area contributed by atoms with Crippen LogP contribution in [0.15, 0.2) is 66.9 Å². The van der Waals surface area contributed by atoms with Crippen LogP contribution in [0.3, 0.4) is 0 Å². The lowest BCUT2D eigenvalue weighted by molar-refractivity contribution is -0.134. The molecular formula is C26H28N4O4. The zero-order chi connectivity index (χ0) is 23.3. The summed E-state index contributed by atoms with van der Waals surface area (Å²) < 4.78 is 12.9. The summed E-state index contributed by atoms with van der Waals surface area (Å²) in [4.78, 5) is 29.9. The fourth-order valence-corrected chi connectivity index (χ4v) is 4.49. The number of cyclic esters (lactones) is 1. The van der Waals surface area contributed by atoms with E-state index in [2.05, 4.69) is 10.00 Å². The van der Waals surface area contributed by atoms with E-state index in [1.54, 1.807) is 12.3 Å². The topological polar surface area (TPSA) is 76.9 Å². The van der Waals surface area contributed by atoms with Gasteiger partial charge in [-0.15, -0.1) is 0 Å². The molecule has 0 bridgehead atoms. The first-order chi connectivity index (χ1) is 16.7. The number of aromatic nitrogens is 2. The minimum atomic E-state index is -0.555. The Labute approximate surface area is 198 Å². The van der Waals surface area contributed by atoms with E-state index in [9.17, 15) is 9.59 Å². The molecule has 176 valence electrons. The SMILES string of the molecule is O=C1OC(CC(=O)N(CCN2CCOCC2)Cc2ccnn2-c2ccccc2)c2ccccc21. The molecule has 1 unspecified atom stereocenters. The van der Waals surface area contributed by atoms with Crippen LogP contribution in [0.2, 0.25) is 0 Å². The average molecular weight is 461 g/mol. The molecule has 1 saturated heterocycles. The van der Waals surface area contributed by atoms with Gasteiger partial charge in [0.15, 0.2) is 0 Å². The monoisotopic (exact) mass is 460 g/mol. The van der Waals surface area contributed by atoms with Crippen LogP contribution in [0, 0.1) is 0 Å². The molecule has 0 N–H and O–H groups in total. The molecule has 1 atom stereocenters. The third-order valence-corrected chi connectivity index (χ3v) is 6.35. The molecule has 1 aromatic heterocycles. The van der Waals surface area contributed by atoms with Crippen molar-refractivity contribution >= 4 is 11.9 Å². The standard InChI is InChI=1S/C26H28N4O4/c31-25(18-24-22-8-4-5-9-23(22)26(32)34-24)29(13-12-28-14-16-33-17-15-28)19-21-10-11-27-30(21)20-6-2-1-3-7-20/h1-11,24H,12-19H2.